The van der Waals surface area contributed by atoms with Crippen LogP contribution in [0.15, 0.2) is 42.6 Å². The van der Waals surface area contributed by atoms with Crippen molar-refractivity contribution in [2.24, 2.45) is 0 Å². The van der Waals surface area contributed by atoms with E-state index in [-0.39, 0.29) is 0 Å². The summed E-state index contributed by atoms with van der Waals surface area (Å²) < 4.78 is 13.3. The summed E-state index contributed by atoms with van der Waals surface area (Å²) in [6.45, 7) is 4.77. The van der Waals surface area contributed by atoms with Crippen LogP contribution in [0.2, 0.25) is 0 Å². The van der Waals surface area contributed by atoms with Crippen LogP contribution in [0.3, 0.4) is 0 Å². The Bertz CT molecular complexity index is 1180. The number of aromatic nitrogens is 8. The molecule has 3 heterocycles. The first kappa shape index (κ1) is 23.7. The molecule has 0 aliphatic rings. The fourth-order valence-corrected chi connectivity index (χ4v) is 3.94. The summed E-state index contributed by atoms with van der Waals surface area (Å²) >= 11 is 0. The Labute approximate surface area is 198 Å². The van der Waals surface area contributed by atoms with Crippen LogP contribution >= 0.6 is 0 Å². The second kappa shape index (κ2) is 10.6. The lowest BCUT2D eigenvalue weighted by atomic mass is 10.0. The van der Waals surface area contributed by atoms with Crippen LogP contribution in [0.1, 0.15) is 50.3 Å². The number of aryl methyl sites for hydroxylation is 1. The Hall–Kier alpha value is -3.50. The molecule has 1 aromatic carbocycles. The monoisotopic (exact) mass is 462 g/mol. The molecule has 0 fully saturated rings. The summed E-state index contributed by atoms with van der Waals surface area (Å²) in [5.41, 5.74) is 3.80. The third kappa shape index (κ3) is 4.73. The van der Waals surface area contributed by atoms with Crippen molar-refractivity contribution in [1.82, 2.24) is 40.4 Å². The van der Waals surface area contributed by atoms with Crippen molar-refractivity contribution >= 4 is 0 Å². The minimum atomic E-state index is -0.942. The lowest BCUT2D eigenvalue weighted by molar-refractivity contribution is -0.222. The number of methoxy groups -OCH3 is 2. The summed E-state index contributed by atoms with van der Waals surface area (Å²) in [6, 6.07) is 12.2. The van der Waals surface area contributed by atoms with Crippen molar-refractivity contribution in [3.8, 4) is 22.6 Å². The molecule has 0 saturated heterocycles. The van der Waals surface area contributed by atoms with E-state index in [0.717, 1.165) is 41.8 Å². The second-order valence-corrected chi connectivity index (χ2v) is 7.97. The second-order valence-electron chi connectivity index (χ2n) is 7.97. The van der Waals surface area contributed by atoms with Gasteiger partial charge in [0.05, 0.1) is 6.54 Å². The molecule has 3 aromatic heterocycles. The van der Waals surface area contributed by atoms with Gasteiger partial charge in [-0.25, -0.2) is 14.8 Å². The molecule has 0 spiro atoms. The molecule has 0 unspecified atom stereocenters. The van der Waals surface area contributed by atoms with Crippen molar-refractivity contribution in [1.29, 1.82) is 0 Å². The van der Waals surface area contributed by atoms with Crippen LogP contribution in [0.4, 0.5) is 0 Å². The van der Waals surface area contributed by atoms with E-state index in [1.165, 1.54) is 0 Å². The number of benzene rings is 1. The van der Waals surface area contributed by atoms with Crippen LogP contribution in [-0.2, 0) is 28.2 Å². The highest BCUT2D eigenvalue weighted by Gasteiger charge is 2.35. The molecular weight excluding hydrogens is 432 g/mol. The number of nitrogens with one attached hydrogen (secondary N) is 1. The minimum Gasteiger partial charge on any atom is -0.347 e. The molecule has 1 N–H and O–H groups in total. The van der Waals surface area contributed by atoms with Crippen LogP contribution in [0, 0.1) is 0 Å². The number of aromatic amines is 1. The predicted molar refractivity (Wildman–Crippen MR) is 127 cm³/mol. The highest BCUT2D eigenvalue weighted by atomic mass is 16.7. The standard InChI is InChI=1S/C24H30N8O2/c1-5-7-10-20-26-23(24(6-2,33-3)34-4)29-32(20)16-17-11-13-18(14-12-17)19-9-8-15-25-21(19)22-27-30-31-28-22/h8-9,11-15H,5-7,10,16H2,1-4H3,(H,27,28,30,31). The average molecular weight is 463 g/mol. The van der Waals surface area contributed by atoms with Gasteiger partial charge in [0.1, 0.15) is 11.5 Å². The number of unbranched alkanes of at least 4 members (excludes halogenated alkanes) is 1. The van der Waals surface area contributed by atoms with E-state index in [1.807, 2.05) is 23.7 Å². The zero-order valence-electron chi connectivity index (χ0n) is 20.0. The molecular formula is C24H30N8O2. The van der Waals surface area contributed by atoms with Gasteiger partial charge in [0.2, 0.25) is 11.6 Å². The van der Waals surface area contributed by atoms with Gasteiger partial charge in [-0.05, 0) is 34.0 Å². The van der Waals surface area contributed by atoms with Gasteiger partial charge in [0, 0.05) is 38.8 Å². The predicted octanol–water partition coefficient (Wildman–Crippen LogP) is 3.77. The molecule has 0 saturated carbocycles. The number of H-pyrrole nitrogens is 1. The number of nitrogens with zero attached hydrogens (tertiary/aromatic N) is 7. The zero-order valence-corrected chi connectivity index (χ0v) is 20.0. The lowest BCUT2D eigenvalue weighted by Crippen LogP contribution is -2.31. The molecule has 0 atom stereocenters. The van der Waals surface area contributed by atoms with Crippen LogP contribution in [-0.4, -0.2) is 54.6 Å². The Morgan fingerprint density at radius 3 is 2.50 bits per heavy atom. The lowest BCUT2D eigenvalue weighted by Gasteiger charge is -2.26. The Balaban J connectivity index is 1.62. The Kier molecular flexibility index (Phi) is 7.39. The molecule has 0 bridgehead atoms. The van der Waals surface area contributed by atoms with E-state index in [4.69, 9.17) is 19.6 Å². The zero-order chi connectivity index (χ0) is 24.0. The van der Waals surface area contributed by atoms with E-state index in [1.54, 1.807) is 20.4 Å². The van der Waals surface area contributed by atoms with Gasteiger partial charge in [0.15, 0.2) is 5.82 Å². The van der Waals surface area contributed by atoms with Gasteiger partial charge in [-0.1, -0.05) is 50.6 Å². The summed E-state index contributed by atoms with van der Waals surface area (Å²) in [5, 5.41) is 18.9. The van der Waals surface area contributed by atoms with Gasteiger partial charge >= 0.3 is 0 Å². The first-order valence-electron chi connectivity index (χ1n) is 11.5. The maximum absolute atomic E-state index is 5.67. The van der Waals surface area contributed by atoms with E-state index < -0.39 is 5.79 Å². The molecule has 0 radical (unpaired) electrons. The number of hydrogen-bond acceptors (Lipinski definition) is 8. The third-order valence-electron chi connectivity index (χ3n) is 5.94. The van der Waals surface area contributed by atoms with E-state index in [0.29, 0.717) is 30.3 Å². The van der Waals surface area contributed by atoms with Gasteiger partial charge in [0.25, 0.3) is 0 Å². The molecule has 34 heavy (non-hydrogen) atoms. The summed E-state index contributed by atoms with van der Waals surface area (Å²) in [5.74, 6) is 1.08. The normalized spacial score (nSPS) is 11.8. The van der Waals surface area contributed by atoms with Gasteiger partial charge < -0.3 is 9.47 Å². The number of pyridine rings is 1. The largest absolute Gasteiger partial charge is 0.347 e. The van der Waals surface area contributed by atoms with Crippen molar-refractivity contribution in [2.45, 2.75) is 51.9 Å². The summed E-state index contributed by atoms with van der Waals surface area (Å²) in [6.07, 6.45) is 5.31. The van der Waals surface area contributed by atoms with Crippen LogP contribution in [0.25, 0.3) is 22.6 Å². The van der Waals surface area contributed by atoms with Crippen molar-refractivity contribution < 1.29 is 9.47 Å². The molecule has 4 aromatic rings. The quantitative estimate of drug-likeness (QED) is 0.335. The van der Waals surface area contributed by atoms with Gasteiger partial charge in [-0.15, -0.1) is 10.2 Å². The average Bonchev–Trinajstić information content (AvgIpc) is 3.56. The number of rotatable bonds is 11. The molecule has 178 valence electrons. The van der Waals surface area contributed by atoms with Crippen LogP contribution < -0.4 is 0 Å². The van der Waals surface area contributed by atoms with Gasteiger partial charge in [-0.3, -0.25) is 4.98 Å². The van der Waals surface area contributed by atoms with Gasteiger partial charge in [-0.2, -0.15) is 0 Å². The number of tetrazole rings is 1. The molecule has 10 nitrogen and oxygen atoms in total. The summed E-state index contributed by atoms with van der Waals surface area (Å²) in [4.78, 5) is 9.26. The molecule has 0 aliphatic carbocycles. The molecule has 0 amide bonds. The number of ether oxygens (including phenoxy) is 2. The van der Waals surface area contributed by atoms with E-state index in [2.05, 4.69) is 56.8 Å². The maximum atomic E-state index is 5.67. The summed E-state index contributed by atoms with van der Waals surface area (Å²) in [7, 11) is 3.25. The maximum Gasteiger partial charge on any atom is 0.231 e. The van der Waals surface area contributed by atoms with Crippen molar-refractivity contribution in [3.63, 3.8) is 0 Å². The molecule has 10 heteroatoms. The minimum absolute atomic E-state index is 0.533. The van der Waals surface area contributed by atoms with Crippen LogP contribution in [0.5, 0.6) is 0 Å². The first-order valence-corrected chi connectivity index (χ1v) is 11.5. The first-order chi connectivity index (χ1) is 16.6. The SMILES string of the molecule is CCCCc1nc(C(CC)(OC)OC)nn1Cc1ccc(-c2cccnc2-c2nnn[nH]2)cc1. The molecule has 0 aliphatic heterocycles. The highest BCUT2D eigenvalue weighted by Crippen LogP contribution is 2.29. The van der Waals surface area contributed by atoms with Crippen molar-refractivity contribution in [2.75, 3.05) is 14.2 Å². The Morgan fingerprint density at radius 2 is 1.85 bits per heavy atom. The highest BCUT2D eigenvalue weighted by molar-refractivity contribution is 5.77. The fraction of sp³-hybridized carbons (Fsp3) is 0.417. The van der Waals surface area contributed by atoms with Crippen molar-refractivity contribution in [3.05, 3.63) is 59.8 Å². The third-order valence-corrected chi connectivity index (χ3v) is 5.94. The Morgan fingerprint density at radius 1 is 1.06 bits per heavy atom. The molecule has 4 rings (SSSR count). The van der Waals surface area contributed by atoms with E-state index in [9.17, 15) is 0 Å². The topological polar surface area (TPSA) is 117 Å². The fourth-order valence-electron chi connectivity index (χ4n) is 3.94. The van der Waals surface area contributed by atoms with E-state index >= 15 is 0 Å². The smallest absolute Gasteiger partial charge is 0.231 e. The number of hydrogen-bond donors (Lipinski definition) is 1.